The predicted molar refractivity (Wildman–Crippen MR) is 58.3 cm³/mol. The molecule has 1 rings (SSSR count). The Morgan fingerprint density at radius 3 is 2.65 bits per heavy atom. The Morgan fingerprint density at radius 1 is 1.53 bits per heavy atom. The minimum Gasteiger partial charge on any atom is -0.480 e. The van der Waals surface area contributed by atoms with Crippen molar-refractivity contribution in [1.29, 1.82) is 0 Å². The van der Waals surface area contributed by atoms with Crippen LogP contribution < -0.4 is 5.32 Å². The van der Waals surface area contributed by atoms with Crippen LogP contribution in [0.3, 0.4) is 0 Å². The number of amides is 1. The monoisotopic (exact) mass is 240 g/mol. The van der Waals surface area contributed by atoms with Crippen LogP contribution in [-0.2, 0) is 4.79 Å². The predicted octanol–water partition coefficient (Wildman–Crippen LogP) is 1.16. The summed E-state index contributed by atoms with van der Waals surface area (Å²) in [6.45, 7) is 3.07. The Balaban J connectivity index is 2.83. The van der Waals surface area contributed by atoms with Gasteiger partial charge in [-0.1, -0.05) is 13.8 Å². The molecule has 1 heterocycles. The molecule has 1 aromatic heterocycles. The summed E-state index contributed by atoms with van der Waals surface area (Å²) in [6.07, 6.45) is 1.23. The molecule has 6 heteroatoms. The van der Waals surface area contributed by atoms with Gasteiger partial charge in [-0.15, -0.1) is 0 Å². The van der Waals surface area contributed by atoms with Crippen LogP contribution in [0.25, 0.3) is 0 Å². The van der Waals surface area contributed by atoms with Crippen molar-refractivity contribution in [2.24, 2.45) is 0 Å². The van der Waals surface area contributed by atoms with Gasteiger partial charge in [-0.3, -0.25) is 14.6 Å². The number of aliphatic carboxylic acids is 1. The van der Waals surface area contributed by atoms with E-state index in [1.165, 1.54) is 6.20 Å². The van der Waals surface area contributed by atoms with E-state index < -0.39 is 24.2 Å². The van der Waals surface area contributed by atoms with Gasteiger partial charge in [0.25, 0.3) is 5.91 Å². The smallest absolute Gasteiger partial charge is 0.322 e. The number of hydrogen-bond acceptors (Lipinski definition) is 3. The fraction of sp³-hybridized carbons (Fsp3) is 0.364. The molecule has 0 saturated carbocycles. The fourth-order valence-corrected chi connectivity index (χ4v) is 1.26. The molecule has 0 saturated heterocycles. The fourth-order valence-electron chi connectivity index (χ4n) is 1.26. The molecule has 0 atom stereocenters. The zero-order chi connectivity index (χ0) is 13.0. The maximum Gasteiger partial charge on any atom is 0.322 e. The standard InChI is InChI=1S/C11H13FN2O3/c1-6(2)10-8(12)3-7(4-13-10)11(17)14-5-9(15)16/h3-4,6H,5H2,1-2H3,(H,14,17)(H,15,16). The highest BCUT2D eigenvalue weighted by atomic mass is 19.1. The second kappa shape index (κ2) is 5.38. The average molecular weight is 240 g/mol. The van der Waals surface area contributed by atoms with Crippen LogP contribution in [0.1, 0.15) is 35.8 Å². The Labute approximate surface area is 97.7 Å². The average Bonchev–Trinajstić information content (AvgIpc) is 2.25. The molecule has 0 aromatic carbocycles. The van der Waals surface area contributed by atoms with Gasteiger partial charge in [-0.05, 0) is 12.0 Å². The first kappa shape index (κ1) is 13.1. The van der Waals surface area contributed by atoms with Crippen molar-refractivity contribution >= 4 is 11.9 Å². The van der Waals surface area contributed by atoms with E-state index in [2.05, 4.69) is 10.3 Å². The molecule has 0 aliphatic heterocycles. The molecule has 5 nitrogen and oxygen atoms in total. The third kappa shape index (κ3) is 3.51. The third-order valence-corrected chi connectivity index (χ3v) is 2.08. The van der Waals surface area contributed by atoms with E-state index in [-0.39, 0.29) is 17.2 Å². The molecular formula is C11H13FN2O3. The van der Waals surface area contributed by atoms with Crippen LogP contribution in [0.15, 0.2) is 12.3 Å². The number of nitrogens with one attached hydrogen (secondary N) is 1. The lowest BCUT2D eigenvalue weighted by atomic mass is 10.1. The Kier molecular flexibility index (Phi) is 4.14. The number of carbonyl (C=O) groups is 2. The molecule has 1 amide bonds. The molecular weight excluding hydrogens is 227 g/mol. The molecule has 0 fully saturated rings. The molecule has 0 aliphatic carbocycles. The minimum atomic E-state index is -1.16. The van der Waals surface area contributed by atoms with Crippen molar-refractivity contribution in [3.05, 3.63) is 29.3 Å². The highest BCUT2D eigenvalue weighted by molar-refractivity contribution is 5.95. The van der Waals surface area contributed by atoms with Crippen LogP contribution in [-0.4, -0.2) is 28.5 Å². The summed E-state index contributed by atoms with van der Waals surface area (Å²) in [6, 6.07) is 1.06. The molecule has 92 valence electrons. The molecule has 0 radical (unpaired) electrons. The van der Waals surface area contributed by atoms with Crippen LogP contribution >= 0.6 is 0 Å². The molecule has 1 aromatic rings. The summed E-state index contributed by atoms with van der Waals surface area (Å²) in [7, 11) is 0. The Morgan fingerprint density at radius 2 is 2.18 bits per heavy atom. The zero-order valence-electron chi connectivity index (χ0n) is 9.53. The van der Waals surface area contributed by atoms with E-state index in [9.17, 15) is 14.0 Å². The number of carbonyl (C=O) groups excluding carboxylic acids is 1. The number of hydrogen-bond donors (Lipinski definition) is 2. The third-order valence-electron chi connectivity index (χ3n) is 2.08. The largest absolute Gasteiger partial charge is 0.480 e. The Bertz CT molecular complexity index is 446. The highest BCUT2D eigenvalue weighted by Gasteiger charge is 2.13. The molecule has 0 bridgehead atoms. The van der Waals surface area contributed by atoms with Crippen molar-refractivity contribution in [2.75, 3.05) is 6.54 Å². The first-order valence-electron chi connectivity index (χ1n) is 5.07. The summed E-state index contributed by atoms with van der Waals surface area (Å²) in [4.78, 5) is 25.5. The quantitative estimate of drug-likeness (QED) is 0.827. The van der Waals surface area contributed by atoms with E-state index in [1.54, 1.807) is 13.8 Å². The second-order valence-corrected chi connectivity index (χ2v) is 3.82. The number of carboxylic acid groups (broad SMARTS) is 1. The number of nitrogens with zero attached hydrogens (tertiary/aromatic N) is 1. The number of aromatic nitrogens is 1. The molecule has 17 heavy (non-hydrogen) atoms. The summed E-state index contributed by atoms with van der Waals surface area (Å²) in [5.41, 5.74) is 0.285. The van der Waals surface area contributed by atoms with Gasteiger partial charge in [0.05, 0.1) is 11.3 Å². The van der Waals surface area contributed by atoms with Crippen molar-refractivity contribution < 1.29 is 19.1 Å². The zero-order valence-corrected chi connectivity index (χ0v) is 9.53. The van der Waals surface area contributed by atoms with Crippen LogP contribution in [0.4, 0.5) is 4.39 Å². The van der Waals surface area contributed by atoms with E-state index >= 15 is 0 Å². The van der Waals surface area contributed by atoms with Gasteiger partial charge in [-0.25, -0.2) is 4.39 Å². The number of pyridine rings is 1. The van der Waals surface area contributed by atoms with Crippen LogP contribution in [0.2, 0.25) is 0 Å². The summed E-state index contributed by atoms with van der Waals surface area (Å²) in [5, 5.41) is 10.5. The van der Waals surface area contributed by atoms with E-state index in [0.717, 1.165) is 6.07 Å². The first-order valence-corrected chi connectivity index (χ1v) is 5.07. The van der Waals surface area contributed by atoms with Gasteiger partial charge in [0.2, 0.25) is 0 Å². The summed E-state index contributed by atoms with van der Waals surface area (Å²) >= 11 is 0. The van der Waals surface area contributed by atoms with Crippen LogP contribution in [0.5, 0.6) is 0 Å². The molecule has 2 N–H and O–H groups in total. The maximum absolute atomic E-state index is 13.5. The van der Waals surface area contributed by atoms with Crippen molar-refractivity contribution in [1.82, 2.24) is 10.3 Å². The Hall–Kier alpha value is -1.98. The van der Waals surface area contributed by atoms with Crippen LogP contribution in [0, 0.1) is 5.82 Å². The van der Waals surface area contributed by atoms with E-state index in [0.29, 0.717) is 0 Å². The van der Waals surface area contributed by atoms with Crippen molar-refractivity contribution in [3.8, 4) is 0 Å². The number of halogens is 1. The van der Waals surface area contributed by atoms with Gasteiger partial charge in [0.15, 0.2) is 0 Å². The molecule has 0 unspecified atom stereocenters. The first-order chi connectivity index (χ1) is 7.91. The van der Waals surface area contributed by atoms with Gasteiger partial charge in [0, 0.05) is 6.20 Å². The van der Waals surface area contributed by atoms with Gasteiger partial charge in [0.1, 0.15) is 12.4 Å². The highest BCUT2D eigenvalue weighted by Crippen LogP contribution is 2.16. The van der Waals surface area contributed by atoms with Gasteiger partial charge >= 0.3 is 5.97 Å². The lowest BCUT2D eigenvalue weighted by Crippen LogP contribution is -2.29. The van der Waals surface area contributed by atoms with E-state index in [4.69, 9.17) is 5.11 Å². The number of rotatable bonds is 4. The topological polar surface area (TPSA) is 79.3 Å². The molecule has 0 spiro atoms. The van der Waals surface area contributed by atoms with E-state index in [1.807, 2.05) is 0 Å². The van der Waals surface area contributed by atoms with Crippen molar-refractivity contribution in [2.45, 2.75) is 19.8 Å². The van der Waals surface area contributed by atoms with Gasteiger partial charge in [-0.2, -0.15) is 0 Å². The summed E-state index contributed by atoms with van der Waals surface area (Å²) < 4.78 is 13.5. The minimum absolute atomic E-state index is 0.00755. The normalized spacial score (nSPS) is 10.4. The lowest BCUT2D eigenvalue weighted by molar-refractivity contribution is -0.135. The van der Waals surface area contributed by atoms with Gasteiger partial charge < -0.3 is 10.4 Å². The maximum atomic E-state index is 13.5. The molecule has 0 aliphatic rings. The lowest BCUT2D eigenvalue weighted by Gasteiger charge is -2.07. The SMILES string of the molecule is CC(C)c1ncc(C(=O)NCC(=O)O)cc1F. The van der Waals surface area contributed by atoms with Crippen molar-refractivity contribution in [3.63, 3.8) is 0 Å². The summed E-state index contributed by atoms with van der Waals surface area (Å²) in [5.74, 6) is -2.46. The number of carboxylic acids is 1. The second-order valence-electron chi connectivity index (χ2n) is 3.82.